The molecule has 18 heavy (non-hydrogen) atoms. The molecular formula is C13H24N4O. The summed E-state index contributed by atoms with van der Waals surface area (Å²) in [6, 6.07) is 0.367. The second-order valence-electron chi connectivity index (χ2n) is 4.99. The third-order valence-electron chi connectivity index (χ3n) is 3.71. The van der Waals surface area contributed by atoms with Gasteiger partial charge in [0.15, 0.2) is 0 Å². The molecule has 5 heteroatoms. The van der Waals surface area contributed by atoms with Crippen molar-refractivity contribution in [2.24, 2.45) is 0 Å². The van der Waals surface area contributed by atoms with Crippen LogP contribution in [0.4, 0.5) is 5.95 Å². The maximum Gasteiger partial charge on any atom is 0.266 e. The van der Waals surface area contributed by atoms with E-state index in [1.165, 1.54) is 12.8 Å². The van der Waals surface area contributed by atoms with E-state index in [9.17, 15) is 0 Å². The first-order valence-corrected chi connectivity index (χ1v) is 7.08. The lowest BCUT2D eigenvalue weighted by atomic mass is 9.98. The van der Waals surface area contributed by atoms with Crippen molar-refractivity contribution in [2.75, 3.05) is 24.5 Å². The first kappa shape index (κ1) is 13.3. The fourth-order valence-electron chi connectivity index (χ4n) is 2.63. The highest BCUT2D eigenvalue weighted by atomic mass is 16.5. The van der Waals surface area contributed by atoms with E-state index in [4.69, 9.17) is 4.52 Å². The van der Waals surface area contributed by atoms with Gasteiger partial charge in [-0.1, -0.05) is 13.8 Å². The van der Waals surface area contributed by atoms with Gasteiger partial charge < -0.3 is 14.7 Å². The molecule has 1 N–H and O–H groups in total. The van der Waals surface area contributed by atoms with Crippen LogP contribution in [0.5, 0.6) is 0 Å². The minimum Gasteiger partial charge on any atom is -0.338 e. The summed E-state index contributed by atoms with van der Waals surface area (Å²) < 4.78 is 5.45. The molecule has 0 amide bonds. The van der Waals surface area contributed by atoms with Gasteiger partial charge in [0.1, 0.15) is 0 Å². The molecule has 0 radical (unpaired) electrons. The van der Waals surface area contributed by atoms with Crippen LogP contribution < -0.4 is 10.2 Å². The maximum atomic E-state index is 5.45. The van der Waals surface area contributed by atoms with E-state index >= 15 is 0 Å². The lowest BCUT2D eigenvalue weighted by molar-refractivity contribution is 0.317. The molecule has 0 aliphatic carbocycles. The third kappa shape index (κ3) is 2.83. The molecule has 2 heterocycles. The Labute approximate surface area is 109 Å². The van der Waals surface area contributed by atoms with Gasteiger partial charge in [-0.3, -0.25) is 0 Å². The number of anilines is 1. The van der Waals surface area contributed by atoms with Crippen LogP contribution in [0.15, 0.2) is 4.52 Å². The van der Waals surface area contributed by atoms with Gasteiger partial charge in [-0.15, -0.1) is 0 Å². The molecule has 2 rings (SSSR count). The Morgan fingerprint density at radius 1 is 1.33 bits per heavy atom. The van der Waals surface area contributed by atoms with Crippen molar-refractivity contribution in [1.82, 2.24) is 15.5 Å². The van der Waals surface area contributed by atoms with Gasteiger partial charge in [0.2, 0.25) is 5.89 Å². The number of hydrogen-bond acceptors (Lipinski definition) is 5. The van der Waals surface area contributed by atoms with E-state index in [0.717, 1.165) is 37.9 Å². The highest BCUT2D eigenvalue weighted by molar-refractivity contribution is 5.29. The van der Waals surface area contributed by atoms with Crippen molar-refractivity contribution in [2.45, 2.75) is 52.0 Å². The van der Waals surface area contributed by atoms with Crippen molar-refractivity contribution in [3.63, 3.8) is 0 Å². The number of nitrogens with one attached hydrogen (secondary N) is 1. The Morgan fingerprint density at radius 2 is 2.06 bits per heavy atom. The first-order valence-electron chi connectivity index (χ1n) is 7.08. The fourth-order valence-corrected chi connectivity index (χ4v) is 2.63. The van der Waals surface area contributed by atoms with E-state index in [1.54, 1.807) is 0 Å². The van der Waals surface area contributed by atoms with Crippen LogP contribution in [0.2, 0.25) is 0 Å². The molecule has 0 spiro atoms. The van der Waals surface area contributed by atoms with Crippen LogP contribution in [0.25, 0.3) is 0 Å². The predicted octanol–water partition coefficient (Wildman–Crippen LogP) is 2.16. The Kier molecular flexibility index (Phi) is 4.58. The first-order chi connectivity index (χ1) is 8.76. The number of nitrogens with zero attached hydrogens (tertiary/aromatic N) is 3. The molecule has 0 aromatic carbocycles. The summed E-state index contributed by atoms with van der Waals surface area (Å²) in [6.45, 7) is 9.53. The molecule has 1 saturated heterocycles. The van der Waals surface area contributed by atoms with Crippen LogP contribution in [-0.4, -0.2) is 35.8 Å². The van der Waals surface area contributed by atoms with Crippen LogP contribution in [0.3, 0.4) is 0 Å². The summed E-state index contributed by atoms with van der Waals surface area (Å²) in [7, 11) is 0. The lowest BCUT2D eigenvalue weighted by Gasteiger charge is -2.19. The van der Waals surface area contributed by atoms with Crippen molar-refractivity contribution < 1.29 is 4.52 Å². The topological polar surface area (TPSA) is 54.2 Å². The SMILES string of the molecule is CCNC(C)C(CC)c1nc(N2CCCC2)no1. The zero-order valence-electron chi connectivity index (χ0n) is 11.6. The predicted molar refractivity (Wildman–Crippen MR) is 71.9 cm³/mol. The minimum absolute atomic E-state index is 0.300. The lowest BCUT2D eigenvalue weighted by Crippen LogP contribution is -2.32. The third-order valence-corrected chi connectivity index (χ3v) is 3.71. The van der Waals surface area contributed by atoms with Crippen LogP contribution in [0.1, 0.15) is 51.8 Å². The van der Waals surface area contributed by atoms with Gasteiger partial charge in [0, 0.05) is 19.1 Å². The van der Waals surface area contributed by atoms with E-state index in [0.29, 0.717) is 12.0 Å². The molecule has 102 valence electrons. The van der Waals surface area contributed by atoms with Crippen LogP contribution in [0, 0.1) is 0 Å². The van der Waals surface area contributed by atoms with Crippen molar-refractivity contribution >= 4 is 5.95 Å². The Hall–Kier alpha value is -1.10. The van der Waals surface area contributed by atoms with Gasteiger partial charge >= 0.3 is 0 Å². The Bertz CT molecular complexity index is 360. The zero-order valence-corrected chi connectivity index (χ0v) is 11.6. The summed E-state index contributed by atoms with van der Waals surface area (Å²) in [4.78, 5) is 6.78. The van der Waals surface area contributed by atoms with Crippen molar-refractivity contribution in [3.8, 4) is 0 Å². The molecule has 1 fully saturated rings. The molecule has 2 unspecified atom stereocenters. The molecule has 5 nitrogen and oxygen atoms in total. The summed E-state index contributed by atoms with van der Waals surface area (Å²) in [5.41, 5.74) is 0. The normalized spacial score (nSPS) is 19.2. The molecule has 1 aromatic heterocycles. The molecule has 1 aliphatic heterocycles. The van der Waals surface area contributed by atoms with Gasteiger partial charge in [-0.05, 0) is 37.9 Å². The second kappa shape index (κ2) is 6.18. The summed E-state index contributed by atoms with van der Waals surface area (Å²) in [6.07, 6.45) is 3.47. The van der Waals surface area contributed by atoms with E-state index < -0.39 is 0 Å². The summed E-state index contributed by atoms with van der Waals surface area (Å²) >= 11 is 0. The highest BCUT2D eigenvalue weighted by Gasteiger charge is 2.25. The quantitative estimate of drug-likeness (QED) is 0.841. The molecule has 1 aliphatic rings. The molecule has 0 bridgehead atoms. The Morgan fingerprint density at radius 3 is 2.67 bits per heavy atom. The minimum atomic E-state index is 0.300. The second-order valence-corrected chi connectivity index (χ2v) is 4.99. The van der Waals surface area contributed by atoms with Crippen molar-refractivity contribution in [1.29, 1.82) is 0 Å². The fraction of sp³-hybridized carbons (Fsp3) is 0.846. The Balaban J connectivity index is 2.06. The summed E-state index contributed by atoms with van der Waals surface area (Å²) in [5, 5.41) is 7.55. The maximum absolute atomic E-state index is 5.45. The summed E-state index contributed by atoms with van der Waals surface area (Å²) in [5.74, 6) is 1.84. The highest BCUT2D eigenvalue weighted by Crippen LogP contribution is 2.25. The van der Waals surface area contributed by atoms with Gasteiger partial charge in [-0.2, -0.15) is 4.98 Å². The van der Waals surface area contributed by atoms with Crippen LogP contribution in [-0.2, 0) is 0 Å². The number of aromatic nitrogens is 2. The van der Waals surface area contributed by atoms with Gasteiger partial charge in [0.25, 0.3) is 5.95 Å². The van der Waals surface area contributed by atoms with E-state index in [1.807, 2.05) is 0 Å². The van der Waals surface area contributed by atoms with Gasteiger partial charge in [0.05, 0.1) is 5.92 Å². The standard InChI is InChI=1S/C13H24N4O/c1-4-11(10(3)14-5-2)12-15-13(16-18-12)17-8-6-7-9-17/h10-11,14H,4-9H2,1-3H3. The smallest absolute Gasteiger partial charge is 0.266 e. The van der Waals surface area contributed by atoms with E-state index in [-0.39, 0.29) is 0 Å². The van der Waals surface area contributed by atoms with Gasteiger partial charge in [-0.25, -0.2) is 0 Å². The number of rotatable bonds is 6. The monoisotopic (exact) mass is 252 g/mol. The van der Waals surface area contributed by atoms with Crippen LogP contribution >= 0.6 is 0 Å². The molecule has 0 saturated carbocycles. The number of hydrogen-bond donors (Lipinski definition) is 1. The molecule has 1 aromatic rings. The average Bonchev–Trinajstić information content (AvgIpc) is 3.00. The average molecular weight is 252 g/mol. The molecular weight excluding hydrogens is 228 g/mol. The number of likely N-dealkylation sites (N-methyl/N-ethyl adjacent to an activating group) is 1. The van der Waals surface area contributed by atoms with E-state index in [2.05, 4.69) is 41.1 Å². The van der Waals surface area contributed by atoms with Crippen molar-refractivity contribution in [3.05, 3.63) is 5.89 Å². The zero-order chi connectivity index (χ0) is 13.0. The molecule has 2 atom stereocenters. The largest absolute Gasteiger partial charge is 0.338 e.